The zero-order valence-corrected chi connectivity index (χ0v) is 16.9. The van der Waals surface area contributed by atoms with Crippen molar-refractivity contribution < 1.29 is 9.47 Å². The molecule has 10 heteroatoms. The van der Waals surface area contributed by atoms with Crippen LogP contribution in [0.1, 0.15) is 5.56 Å². The molecule has 0 unspecified atom stereocenters. The van der Waals surface area contributed by atoms with Crippen molar-refractivity contribution in [3.05, 3.63) is 55.7 Å². The molecule has 0 saturated heterocycles. The van der Waals surface area contributed by atoms with Crippen molar-refractivity contribution in [2.24, 2.45) is 14.1 Å². The highest BCUT2D eigenvalue weighted by Gasteiger charge is 2.20. The molecule has 9 nitrogen and oxygen atoms in total. The summed E-state index contributed by atoms with van der Waals surface area (Å²) in [5, 5.41) is 3.71. The number of hydrogen-bond acceptors (Lipinski definition) is 6. The molecule has 2 heterocycles. The van der Waals surface area contributed by atoms with Crippen molar-refractivity contribution in [3.63, 3.8) is 0 Å². The third-order valence-electron chi connectivity index (χ3n) is 4.59. The molecule has 0 amide bonds. The summed E-state index contributed by atoms with van der Waals surface area (Å²) >= 11 is 6.31. The van der Waals surface area contributed by atoms with Gasteiger partial charge in [0.15, 0.2) is 17.5 Å². The van der Waals surface area contributed by atoms with E-state index in [-0.39, 0.29) is 5.65 Å². The van der Waals surface area contributed by atoms with E-state index in [1.165, 1.54) is 25.8 Å². The number of imidazole rings is 1. The van der Waals surface area contributed by atoms with Gasteiger partial charge >= 0.3 is 5.69 Å². The fraction of sp³-hybridized carbons (Fsp3) is 0.389. The number of ether oxygens (including phenoxy) is 2. The average molecular weight is 408 g/mol. The summed E-state index contributed by atoms with van der Waals surface area (Å²) < 4.78 is 14.5. The Hall–Kier alpha value is -2.62. The SMILES string of the molecule is COC(CNc1nc2c(c(=O)n(C)c(=O)n2C)n1Cc1ccccc1Cl)OC. The lowest BCUT2D eigenvalue weighted by Crippen LogP contribution is -2.37. The van der Waals surface area contributed by atoms with E-state index in [2.05, 4.69) is 10.3 Å². The summed E-state index contributed by atoms with van der Waals surface area (Å²) in [4.78, 5) is 29.6. The molecule has 0 aliphatic carbocycles. The summed E-state index contributed by atoms with van der Waals surface area (Å²) in [6.07, 6.45) is -0.500. The summed E-state index contributed by atoms with van der Waals surface area (Å²) in [5.74, 6) is 0.410. The Morgan fingerprint density at radius 3 is 2.46 bits per heavy atom. The van der Waals surface area contributed by atoms with Gasteiger partial charge in [-0.1, -0.05) is 29.8 Å². The molecule has 0 bridgehead atoms. The van der Waals surface area contributed by atoms with Gasteiger partial charge in [-0.15, -0.1) is 0 Å². The first-order chi connectivity index (χ1) is 13.4. The highest BCUT2D eigenvalue weighted by molar-refractivity contribution is 6.31. The van der Waals surface area contributed by atoms with Crippen molar-refractivity contribution in [1.82, 2.24) is 18.7 Å². The number of aromatic nitrogens is 4. The van der Waals surface area contributed by atoms with Gasteiger partial charge in [0.2, 0.25) is 5.95 Å². The molecule has 28 heavy (non-hydrogen) atoms. The van der Waals surface area contributed by atoms with Gasteiger partial charge in [0, 0.05) is 33.3 Å². The van der Waals surface area contributed by atoms with Gasteiger partial charge in [0.05, 0.1) is 13.1 Å². The van der Waals surface area contributed by atoms with Gasteiger partial charge < -0.3 is 14.8 Å². The number of rotatable bonds is 7. The van der Waals surface area contributed by atoms with Crippen LogP contribution in [0, 0.1) is 0 Å². The number of fused-ring (bicyclic) bond motifs is 1. The summed E-state index contributed by atoms with van der Waals surface area (Å²) in [5.41, 5.74) is 0.531. The first kappa shape index (κ1) is 20.1. The topological polar surface area (TPSA) is 92.3 Å². The molecule has 3 aromatic rings. The Kier molecular flexibility index (Phi) is 5.87. The number of benzene rings is 1. The molecule has 0 aliphatic rings. The van der Waals surface area contributed by atoms with E-state index in [9.17, 15) is 9.59 Å². The maximum absolute atomic E-state index is 12.8. The molecule has 1 N–H and O–H groups in total. The van der Waals surface area contributed by atoms with Crippen LogP contribution >= 0.6 is 11.6 Å². The number of halogens is 1. The van der Waals surface area contributed by atoms with Crippen molar-refractivity contribution in [2.45, 2.75) is 12.8 Å². The predicted octanol–water partition coefficient (Wildman–Crippen LogP) is 1.17. The van der Waals surface area contributed by atoms with Crippen LogP contribution in [-0.2, 0) is 30.1 Å². The molecule has 0 fully saturated rings. The third kappa shape index (κ3) is 3.56. The standard InChI is InChI=1S/C18H22ClN5O4/c1-22-15-14(16(25)23(2)18(22)26)24(10-11-7-5-6-8-12(11)19)17(21-15)20-9-13(27-3)28-4/h5-8,13H,9-10H2,1-4H3,(H,20,21). The molecule has 0 atom stereocenters. The Bertz CT molecular complexity index is 1110. The Morgan fingerprint density at radius 2 is 1.82 bits per heavy atom. The first-order valence-electron chi connectivity index (χ1n) is 8.58. The van der Waals surface area contributed by atoms with E-state index < -0.39 is 17.5 Å². The van der Waals surface area contributed by atoms with Gasteiger partial charge in [-0.05, 0) is 11.6 Å². The highest BCUT2D eigenvalue weighted by Crippen LogP contribution is 2.22. The van der Waals surface area contributed by atoms with Crippen LogP contribution < -0.4 is 16.6 Å². The van der Waals surface area contributed by atoms with E-state index >= 15 is 0 Å². The molecular formula is C18H22ClN5O4. The number of nitrogens with one attached hydrogen (secondary N) is 1. The van der Waals surface area contributed by atoms with Crippen molar-refractivity contribution in [1.29, 1.82) is 0 Å². The molecule has 150 valence electrons. The number of aryl methyl sites for hydroxylation is 1. The van der Waals surface area contributed by atoms with E-state index in [0.717, 1.165) is 10.1 Å². The Labute approximate surface area is 166 Å². The fourth-order valence-electron chi connectivity index (χ4n) is 2.97. The van der Waals surface area contributed by atoms with Gasteiger partial charge in [-0.25, -0.2) is 4.79 Å². The van der Waals surface area contributed by atoms with Crippen LogP contribution in [0.2, 0.25) is 5.02 Å². The van der Waals surface area contributed by atoms with E-state index in [1.54, 1.807) is 17.7 Å². The maximum atomic E-state index is 12.8. The largest absolute Gasteiger partial charge is 0.354 e. The molecule has 1 aromatic carbocycles. The van der Waals surface area contributed by atoms with Crippen LogP contribution in [0.3, 0.4) is 0 Å². The summed E-state index contributed by atoms with van der Waals surface area (Å²) in [6, 6.07) is 7.36. The van der Waals surface area contributed by atoms with Gasteiger partial charge in [-0.3, -0.25) is 18.5 Å². The minimum Gasteiger partial charge on any atom is -0.354 e. The van der Waals surface area contributed by atoms with Crippen LogP contribution in [0.15, 0.2) is 33.9 Å². The van der Waals surface area contributed by atoms with Crippen LogP contribution in [0.5, 0.6) is 0 Å². The molecule has 0 spiro atoms. The number of methoxy groups -OCH3 is 2. The normalized spacial score (nSPS) is 11.5. The summed E-state index contributed by atoms with van der Waals surface area (Å²) in [7, 11) is 6.08. The number of anilines is 1. The van der Waals surface area contributed by atoms with E-state index in [0.29, 0.717) is 29.6 Å². The lowest BCUT2D eigenvalue weighted by Gasteiger charge is -2.16. The highest BCUT2D eigenvalue weighted by atomic mass is 35.5. The minimum atomic E-state index is -0.500. The number of nitrogens with zero attached hydrogens (tertiary/aromatic N) is 4. The molecule has 3 rings (SSSR count). The second kappa shape index (κ2) is 8.17. The molecule has 0 aliphatic heterocycles. The number of hydrogen-bond donors (Lipinski definition) is 1. The Balaban J connectivity index is 2.19. The quantitative estimate of drug-likeness (QED) is 0.591. The van der Waals surface area contributed by atoms with Crippen molar-refractivity contribution in [2.75, 3.05) is 26.1 Å². The van der Waals surface area contributed by atoms with E-state index in [1.807, 2.05) is 18.2 Å². The summed E-state index contributed by atoms with van der Waals surface area (Å²) in [6.45, 7) is 0.601. The first-order valence-corrected chi connectivity index (χ1v) is 8.96. The zero-order valence-electron chi connectivity index (χ0n) is 16.1. The lowest BCUT2D eigenvalue weighted by atomic mass is 10.2. The maximum Gasteiger partial charge on any atom is 0.332 e. The molecule has 0 radical (unpaired) electrons. The Morgan fingerprint density at radius 1 is 1.14 bits per heavy atom. The van der Waals surface area contributed by atoms with Crippen LogP contribution in [0.4, 0.5) is 5.95 Å². The van der Waals surface area contributed by atoms with E-state index in [4.69, 9.17) is 21.1 Å². The monoisotopic (exact) mass is 407 g/mol. The predicted molar refractivity (Wildman–Crippen MR) is 107 cm³/mol. The molecule has 2 aromatic heterocycles. The van der Waals surface area contributed by atoms with Gasteiger partial charge in [-0.2, -0.15) is 4.98 Å². The average Bonchev–Trinajstić information content (AvgIpc) is 3.05. The fourth-order valence-corrected chi connectivity index (χ4v) is 3.17. The molecular weight excluding hydrogens is 386 g/mol. The second-order valence-electron chi connectivity index (χ2n) is 6.27. The van der Waals surface area contributed by atoms with Gasteiger partial charge in [0.1, 0.15) is 0 Å². The van der Waals surface area contributed by atoms with Crippen molar-refractivity contribution >= 4 is 28.7 Å². The lowest BCUT2D eigenvalue weighted by molar-refractivity contribution is -0.0915. The minimum absolute atomic E-state index is 0.286. The van der Waals surface area contributed by atoms with Crippen molar-refractivity contribution in [3.8, 4) is 0 Å². The second-order valence-corrected chi connectivity index (χ2v) is 6.68. The van der Waals surface area contributed by atoms with Gasteiger partial charge in [0.25, 0.3) is 5.56 Å². The smallest absolute Gasteiger partial charge is 0.332 e. The zero-order chi connectivity index (χ0) is 20.4. The van der Waals surface area contributed by atoms with Crippen LogP contribution in [0.25, 0.3) is 11.2 Å². The molecule has 0 saturated carbocycles. The third-order valence-corrected chi connectivity index (χ3v) is 4.96. The van der Waals surface area contributed by atoms with Crippen LogP contribution in [-0.4, -0.2) is 45.7 Å².